The molecule has 0 amide bonds. The van der Waals surface area contributed by atoms with Gasteiger partial charge in [-0.15, -0.1) is 0 Å². The molecule has 2 N–H and O–H groups in total. The molecule has 0 bridgehead atoms. The smallest absolute Gasteiger partial charge is 0.151 e. The van der Waals surface area contributed by atoms with E-state index in [2.05, 4.69) is 0 Å². The van der Waals surface area contributed by atoms with E-state index in [0.717, 1.165) is 6.07 Å². The lowest BCUT2D eigenvalue weighted by Crippen LogP contribution is -2.31. The normalized spacial score (nSPS) is 10.8. The Morgan fingerprint density at radius 1 is 1.33 bits per heavy atom. The second kappa shape index (κ2) is 4.47. The Hall–Kier alpha value is -1.32. The average molecular weight is 214 g/mol. The Morgan fingerprint density at radius 3 is 2.40 bits per heavy atom. The number of nitrogens with zero attached hydrogens (tertiary/aromatic N) is 1. The predicted molar refractivity (Wildman–Crippen MR) is 58.9 cm³/mol. The van der Waals surface area contributed by atoms with Gasteiger partial charge < -0.3 is 10.6 Å². The van der Waals surface area contributed by atoms with Gasteiger partial charge in [-0.1, -0.05) is 0 Å². The average Bonchev–Trinajstić information content (AvgIpc) is 2.13. The molecule has 1 aromatic rings. The molecule has 84 valence electrons. The van der Waals surface area contributed by atoms with Gasteiger partial charge >= 0.3 is 0 Å². The number of anilines is 2. The summed E-state index contributed by atoms with van der Waals surface area (Å²) >= 11 is 0. The van der Waals surface area contributed by atoms with Gasteiger partial charge in [-0.05, 0) is 26.8 Å². The fraction of sp³-hybridized carbons (Fsp3) is 0.455. The molecular formula is C11H16F2N2. The van der Waals surface area contributed by atoms with E-state index >= 15 is 0 Å². The van der Waals surface area contributed by atoms with Gasteiger partial charge in [-0.25, -0.2) is 8.78 Å². The molecule has 4 heteroatoms. The Labute approximate surface area is 88.7 Å². The van der Waals surface area contributed by atoms with Crippen LogP contribution in [0.4, 0.5) is 20.2 Å². The number of nitrogens with two attached hydrogens (primary N) is 1. The van der Waals surface area contributed by atoms with Crippen LogP contribution in [0.15, 0.2) is 12.1 Å². The quantitative estimate of drug-likeness (QED) is 0.784. The highest BCUT2D eigenvalue weighted by Crippen LogP contribution is 2.28. The Kier molecular flexibility index (Phi) is 3.50. The van der Waals surface area contributed by atoms with Crippen LogP contribution in [0, 0.1) is 11.6 Å². The minimum atomic E-state index is -0.705. The van der Waals surface area contributed by atoms with Gasteiger partial charge in [0.05, 0.1) is 11.4 Å². The van der Waals surface area contributed by atoms with E-state index in [0.29, 0.717) is 12.2 Å². The number of rotatable bonds is 3. The van der Waals surface area contributed by atoms with E-state index in [4.69, 9.17) is 5.73 Å². The van der Waals surface area contributed by atoms with Gasteiger partial charge in [0.1, 0.15) is 5.82 Å². The molecule has 0 heterocycles. The Balaban J connectivity index is 3.22. The SMILES string of the molecule is CCN(c1cc(F)cc(F)c1N)C(C)C. The molecule has 15 heavy (non-hydrogen) atoms. The summed E-state index contributed by atoms with van der Waals surface area (Å²) in [5.74, 6) is -1.31. The highest BCUT2D eigenvalue weighted by Gasteiger charge is 2.15. The van der Waals surface area contributed by atoms with Crippen molar-refractivity contribution in [2.24, 2.45) is 0 Å². The molecular weight excluding hydrogens is 198 g/mol. The van der Waals surface area contributed by atoms with Crippen molar-refractivity contribution >= 4 is 11.4 Å². The fourth-order valence-corrected chi connectivity index (χ4v) is 1.62. The standard InChI is InChI=1S/C11H16F2N2/c1-4-15(7(2)3)10-6-8(12)5-9(13)11(10)14/h5-7H,4,14H2,1-3H3. The van der Waals surface area contributed by atoms with Gasteiger partial charge in [0.25, 0.3) is 0 Å². The number of hydrogen-bond donors (Lipinski definition) is 1. The zero-order chi connectivity index (χ0) is 11.6. The van der Waals surface area contributed by atoms with Crippen molar-refractivity contribution in [2.45, 2.75) is 26.8 Å². The van der Waals surface area contributed by atoms with Crippen molar-refractivity contribution < 1.29 is 8.78 Å². The Morgan fingerprint density at radius 2 is 1.93 bits per heavy atom. The van der Waals surface area contributed by atoms with Crippen LogP contribution in [0.1, 0.15) is 20.8 Å². The zero-order valence-corrected chi connectivity index (χ0v) is 9.22. The van der Waals surface area contributed by atoms with Gasteiger partial charge in [-0.3, -0.25) is 0 Å². The second-order valence-electron chi connectivity index (χ2n) is 3.70. The number of benzene rings is 1. The van der Waals surface area contributed by atoms with Crippen LogP contribution >= 0.6 is 0 Å². The molecule has 0 unspecified atom stereocenters. The van der Waals surface area contributed by atoms with E-state index in [1.165, 1.54) is 6.07 Å². The third-order valence-electron chi connectivity index (χ3n) is 2.35. The summed E-state index contributed by atoms with van der Waals surface area (Å²) in [5, 5.41) is 0. The van der Waals surface area contributed by atoms with E-state index in [1.807, 2.05) is 25.7 Å². The molecule has 0 fully saturated rings. The van der Waals surface area contributed by atoms with Crippen LogP contribution in [-0.4, -0.2) is 12.6 Å². The van der Waals surface area contributed by atoms with Crippen molar-refractivity contribution in [3.8, 4) is 0 Å². The second-order valence-corrected chi connectivity index (χ2v) is 3.70. The molecule has 0 radical (unpaired) electrons. The van der Waals surface area contributed by atoms with Crippen LogP contribution < -0.4 is 10.6 Å². The van der Waals surface area contributed by atoms with Crippen molar-refractivity contribution in [1.82, 2.24) is 0 Å². The maximum Gasteiger partial charge on any atom is 0.151 e. The summed E-state index contributed by atoms with van der Waals surface area (Å²) in [5.41, 5.74) is 6.01. The lowest BCUT2D eigenvalue weighted by atomic mass is 10.2. The van der Waals surface area contributed by atoms with Gasteiger partial charge in [-0.2, -0.15) is 0 Å². The minimum absolute atomic E-state index is 0.00644. The van der Waals surface area contributed by atoms with E-state index in [1.54, 1.807) is 0 Å². The maximum atomic E-state index is 13.2. The van der Waals surface area contributed by atoms with Crippen LogP contribution in [0.3, 0.4) is 0 Å². The van der Waals surface area contributed by atoms with Crippen molar-refractivity contribution in [1.29, 1.82) is 0 Å². The third kappa shape index (κ3) is 2.37. The summed E-state index contributed by atoms with van der Waals surface area (Å²) in [6, 6.07) is 2.22. The van der Waals surface area contributed by atoms with Crippen LogP contribution in [0.5, 0.6) is 0 Å². The summed E-state index contributed by atoms with van der Waals surface area (Å²) in [4.78, 5) is 1.85. The van der Waals surface area contributed by atoms with Crippen LogP contribution in [0.2, 0.25) is 0 Å². The minimum Gasteiger partial charge on any atom is -0.395 e. The van der Waals surface area contributed by atoms with Crippen molar-refractivity contribution in [3.63, 3.8) is 0 Å². The molecule has 0 aromatic heterocycles. The summed E-state index contributed by atoms with van der Waals surface area (Å²) in [7, 11) is 0. The number of hydrogen-bond acceptors (Lipinski definition) is 2. The molecule has 0 aliphatic rings. The van der Waals surface area contributed by atoms with Crippen molar-refractivity contribution in [2.75, 3.05) is 17.2 Å². The van der Waals surface area contributed by atoms with Crippen molar-refractivity contribution in [3.05, 3.63) is 23.8 Å². The lowest BCUT2D eigenvalue weighted by molar-refractivity contribution is 0.583. The van der Waals surface area contributed by atoms with E-state index < -0.39 is 11.6 Å². The highest BCUT2D eigenvalue weighted by atomic mass is 19.1. The highest BCUT2D eigenvalue weighted by molar-refractivity contribution is 5.68. The first-order valence-electron chi connectivity index (χ1n) is 4.98. The predicted octanol–water partition coefficient (Wildman–Crippen LogP) is 2.78. The van der Waals surface area contributed by atoms with Gasteiger partial charge in [0.2, 0.25) is 0 Å². The molecule has 0 aliphatic carbocycles. The Bertz CT molecular complexity index is 351. The zero-order valence-electron chi connectivity index (χ0n) is 9.22. The summed E-state index contributed by atoms with van der Waals surface area (Å²) < 4.78 is 26.3. The van der Waals surface area contributed by atoms with Gasteiger partial charge in [0, 0.05) is 18.7 Å². The maximum absolute atomic E-state index is 13.2. The molecule has 2 nitrogen and oxygen atoms in total. The molecule has 1 aromatic carbocycles. The molecule has 0 saturated heterocycles. The molecule has 0 aliphatic heterocycles. The van der Waals surface area contributed by atoms with E-state index in [9.17, 15) is 8.78 Å². The third-order valence-corrected chi connectivity index (χ3v) is 2.35. The molecule has 0 atom stereocenters. The molecule has 1 rings (SSSR count). The summed E-state index contributed by atoms with van der Waals surface area (Å²) in [6.45, 7) is 6.48. The first-order chi connectivity index (χ1) is 6.97. The first-order valence-corrected chi connectivity index (χ1v) is 4.98. The number of nitrogen functional groups attached to an aromatic ring is 1. The molecule has 0 spiro atoms. The molecule has 0 saturated carbocycles. The topological polar surface area (TPSA) is 29.3 Å². The van der Waals surface area contributed by atoms with Crippen LogP contribution in [-0.2, 0) is 0 Å². The lowest BCUT2D eigenvalue weighted by Gasteiger charge is -2.28. The number of halogens is 2. The monoisotopic (exact) mass is 214 g/mol. The fourth-order valence-electron chi connectivity index (χ4n) is 1.62. The van der Waals surface area contributed by atoms with Gasteiger partial charge in [0.15, 0.2) is 5.82 Å². The largest absolute Gasteiger partial charge is 0.395 e. The van der Waals surface area contributed by atoms with E-state index in [-0.39, 0.29) is 11.7 Å². The summed E-state index contributed by atoms with van der Waals surface area (Å²) in [6.07, 6.45) is 0. The first kappa shape index (κ1) is 11.8. The van der Waals surface area contributed by atoms with Crippen LogP contribution in [0.25, 0.3) is 0 Å².